The molecule has 8 nitrogen and oxygen atoms in total. The summed E-state index contributed by atoms with van der Waals surface area (Å²) in [5.41, 5.74) is -0.719. The van der Waals surface area contributed by atoms with Gasteiger partial charge in [-0.3, -0.25) is 4.90 Å². The fourth-order valence-corrected chi connectivity index (χ4v) is 6.25. The number of benzene rings is 1. The van der Waals surface area contributed by atoms with Crippen molar-refractivity contribution in [1.82, 2.24) is 19.9 Å². The maximum atomic E-state index is 15.5. The van der Waals surface area contributed by atoms with Crippen LogP contribution in [0.5, 0.6) is 11.8 Å². The van der Waals surface area contributed by atoms with Gasteiger partial charge in [0.2, 0.25) is 0 Å². The van der Waals surface area contributed by atoms with E-state index in [1.807, 2.05) is 0 Å². The number of alkyl halides is 3. The van der Waals surface area contributed by atoms with Gasteiger partial charge in [-0.25, -0.2) is 22.5 Å². The standard InChI is InChI=1S/C23H21BrClF4N5O3/c24-16-17(25)20-15-19(18(16)29)31-22(36-9-23-2-1-3-33(23)6-11(26)4-23)32-21(15)34(7-14(27)28)12(8-35-20)13-5-30-10-37-13/h5,10-12,14H,1-4,6-9H2/t11-,12?,23+/m1/s1. The van der Waals surface area contributed by atoms with E-state index < -0.39 is 36.5 Å². The van der Waals surface area contributed by atoms with E-state index in [1.165, 1.54) is 17.5 Å². The van der Waals surface area contributed by atoms with E-state index in [4.69, 9.17) is 25.5 Å². The second-order valence-electron chi connectivity index (χ2n) is 9.46. The van der Waals surface area contributed by atoms with Gasteiger partial charge in [0.1, 0.15) is 47.5 Å². The molecule has 0 aliphatic carbocycles. The number of aromatic nitrogens is 3. The summed E-state index contributed by atoms with van der Waals surface area (Å²) in [7, 11) is 0. The highest BCUT2D eigenvalue weighted by Crippen LogP contribution is 2.48. The largest absolute Gasteiger partial charge is 0.488 e. The summed E-state index contributed by atoms with van der Waals surface area (Å²) in [6.45, 7) is 0.246. The third kappa shape index (κ3) is 4.19. The van der Waals surface area contributed by atoms with Crippen LogP contribution in [0.15, 0.2) is 21.5 Å². The molecule has 0 spiro atoms. The van der Waals surface area contributed by atoms with Crippen molar-refractivity contribution in [3.63, 3.8) is 0 Å². The first-order chi connectivity index (χ1) is 17.8. The molecule has 0 radical (unpaired) electrons. The van der Waals surface area contributed by atoms with Crippen LogP contribution in [-0.4, -0.2) is 70.8 Å². The van der Waals surface area contributed by atoms with Crippen molar-refractivity contribution in [2.24, 2.45) is 0 Å². The topological polar surface area (TPSA) is 76.8 Å². The van der Waals surface area contributed by atoms with Crippen LogP contribution in [0.1, 0.15) is 31.1 Å². The van der Waals surface area contributed by atoms with E-state index in [9.17, 15) is 13.2 Å². The van der Waals surface area contributed by atoms with Crippen LogP contribution in [0.2, 0.25) is 5.02 Å². The second-order valence-corrected chi connectivity index (χ2v) is 10.6. The zero-order chi connectivity index (χ0) is 25.9. The van der Waals surface area contributed by atoms with Gasteiger partial charge < -0.3 is 18.8 Å². The first-order valence-corrected chi connectivity index (χ1v) is 12.9. The first-order valence-electron chi connectivity index (χ1n) is 11.7. The molecular formula is C23H21BrClF4N5O3. The summed E-state index contributed by atoms with van der Waals surface area (Å²) in [6, 6.07) is -1.10. The van der Waals surface area contributed by atoms with E-state index in [1.54, 1.807) is 0 Å². The molecule has 37 heavy (non-hydrogen) atoms. The zero-order valence-corrected chi connectivity index (χ0v) is 21.6. The third-order valence-electron chi connectivity index (χ3n) is 7.27. The number of oxazole rings is 1. The molecule has 5 heterocycles. The molecular weight excluding hydrogens is 586 g/mol. The molecule has 0 amide bonds. The summed E-state index contributed by atoms with van der Waals surface area (Å²) in [6.07, 6.45) is 0.777. The van der Waals surface area contributed by atoms with Crippen molar-refractivity contribution in [3.05, 3.63) is 33.7 Å². The van der Waals surface area contributed by atoms with Gasteiger partial charge in [0, 0.05) is 13.0 Å². The Hall–Kier alpha value is -2.38. The lowest BCUT2D eigenvalue weighted by Crippen LogP contribution is -2.43. The minimum atomic E-state index is -2.77. The van der Waals surface area contributed by atoms with Crippen molar-refractivity contribution < 1.29 is 31.5 Å². The van der Waals surface area contributed by atoms with E-state index in [2.05, 4.69) is 35.8 Å². The number of ether oxygens (including phenoxy) is 2. The van der Waals surface area contributed by atoms with Crippen molar-refractivity contribution in [2.75, 3.05) is 37.7 Å². The summed E-state index contributed by atoms with van der Waals surface area (Å²) >= 11 is 9.54. The quantitative estimate of drug-likeness (QED) is 0.275. The lowest BCUT2D eigenvalue weighted by molar-refractivity contribution is 0.107. The highest BCUT2D eigenvalue weighted by molar-refractivity contribution is 9.10. The fraction of sp³-hybridized carbons (Fsp3) is 0.522. The van der Waals surface area contributed by atoms with Crippen LogP contribution in [0.25, 0.3) is 10.9 Å². The summed E-state index contributed by atoms with van der Waals surface area (Å²) in [5, 5.41) is -0.0507. The average molecular weight is 607 g/mol. The van der Waals surface area contributed by atoms with Crippen LogP contribution in [0.4, 0.5) is 23.4 Å². The first kappa shape index (κ1) is 24.9. The number of hydrogen-bond donors (Lipinski definition) is 0. The predicted molar refractivity (Wildman–Crippen MR) is 129 cm³/mol. The number of nitrogens with zero attached hydrogens (tertiary/aromatic N) is 5. The molecule has 0 N–H and O–H groups in total. The van der Waals surface area contributed by atoms with E-state index in [0.29, 0.717) is 13.0 Å². The molecule has 2 aromatic heterocycles. The Morgan fingerprint density at radius 1 is 1.32 bits per heavy atom. The second kappa shape index (κ2) is 9.42. The molecule has 3 atom stereocenters. The minimum Gasteiger partial charge on any atom is -0.488 e. The van der Waals surface area contributed by atoms with Gasteiger partial charge in [0.15, 0.2) is 18.0 Å². The number of hydrogen-bond acceptors (Lipinski definition) is 8. The fourth-order valence-electron chi connectivity index (χ4n) is 5.65. The van der Waals surface area contributed by atoms with Gasteiger partial charge in [-0.15, -0.1) is 0 Å². The lowest BCUT2D eigenvalue weighted by Gasteiger charge is -2.31. The van der Waals surface area contributed by atoms with Crippen LogP contribution >= 0.6 is 27.5 Å². The molecule has 2 saturated heterocycles. The van der Waals surface area contributed by atoms with Gasteiger partial charge in [-0.2, -0.15) is 9.97 Å². The van der Waals surface area contributed by atoms with Crippen LogP contribution in [-0.2, 0) is 0 Å². The predicted octanol–water partition coefficient (Wildman–Crippen LogP) is 5.33. The number of fused-ring (bicyclic) bond motifs is 1. The molecule has 0 bridgehead atoms. The van der Waals surface area contributed by atoms with Crippen molar-refractivity contribution in [2.45, 2.75) is 43.4 Å². The summed E-state index contributed by atoms with van der Waals surface area (Å²) in [5.74, 6) is -0.567. The molecule has 1 aromatic carbocycles. The number of halogens is 6. The normalized spacial score (nSPS) is 25.5. The molecule has 6 rings (SSSR count). The Morgan fingerprint density at radius 3 is 2.92 bits per heavy atom. The zero-order valence-electron chi connectivity index (χ0n) is 19.3. The Morgan fingerprint density at radius 2 is 2.16 bits per heavy atom. The highest BCUT2D eigenvalue weighted by Gasteiger charge is 2.49. The van der Waals surface area contributed by atoms with Crippen LogP contribution < -0.4 is 14.4 Å². The Labute approximate surface area is 222 Å². The average Bonchev–Trinajstić information content (AvgIpc) is 3.56. The Kier molecular flexibility index (Phi) is 6.35. The maximum absolute atomic E-state index is 15.5. The van der Waals surface area contributed by atoms with E-state index >= 15 is 4.39 Å². The van der Waals surface area contributed by atoms with Crippen LogP contribution in [0.3, 0.4) is 0 Å². The van der Waals surface area contributed by atoms with Gasteiger partial charge in [-0.05, 0) is 35.3 Å². The Balaban J connectivity index is 1.48. The SMILES string of the molecule is Fc1c(Br)c(Cl)c2c3c(nc(OC[C@@]45CCCN4C[C@H](F)C5)nc13)N(CC(F)F)C(c1cnco1)CO2. The molecule has 198 valence electrons. The van der Waals surface area contributed by atoms with E-state index in [-0.39, 0.29) is 57.0 Å². The molecule has 3 aliphatic rings. The molecule has 3 aromatic rings. The smallest absolute Gasteiger partial charge is 0.319 e. The van der Waals surface area contributed by atoms with Gasteiger partial charge in [0.05, 0.1) is 28.1 Å². The van der Waals surface area contributed by atoms with Crippen LogP contribution in [0, 0.1) is 5.82 Å². The lowest BCUT2D eigenvalue weighted by atomic mass is 9.95. The van der Waals surface area contributed by atoms with Crippen molar-refractivity contribution in [1.29, 1.82) is 0 Å². The molecule has 14 heteroatoms. The number of anilines is 1. The van der Waals surface area contributed by atoms with Gasteiger partial charge in [0.25, 0.3) is 6.43 Å². The van der Waals surface area contributed by atoms with Crippen molar-refractivity contribution in [3.8, 4) is 11.8 Å². The Bertz CT molecular complexity index is 1340. The molecule has 0 saturated carbocycles. The molecule has 1 unspecified atom stereocenters. The van der Waals surface area contributed by atoms with Crippen molar-refractivity contribution >= 4 is 44.3 Å². The number of rotatable bonds is 6. The minimum absolute atomic E-state index is 0.0334. The maximum Gasteiger partial charge on any atom is 0.319 e. The third-order valence-corrected chi connectivity index (χ3v) is 8.60. The highest BCUT2D eigenvalue weighted by atomic mass is 79.9. The van der Waals surface area contributed by atoms with E-state index in [0.717, 1.165) is 19.4 Å². The van der Waals surface area contributed by atoms with Gasteiger partial charge in [-0.1, -0.05) is 11.6 Å². The monoisotopic (exact) mass is 605 g/mol. The molecule has 2 fully saturated rings. The van der Waals surface area contributed by atoms with Gasteiger partial charge >= 0.3 is 6.01 Å². The molecule has 3 aliphatic heterocycles. The summed E-state index contributed by atoms with van der Waals surface area (Å²) in [4.78, 5) is 15.9. The summed E-state index contributed by atoms with van der Waals surface area (Å²) < 4.78 is 74.5.